The van der Waals surface area contributed by atoms with Crippen LogP contribution in [0.25, 0.3) is 0 Å². The maximum atomic E-state index is 12.5. The van der Waals surface area contributed by atoms with E-state index in [0.29, 0.717) is 35.8 Å². The normalized spacial score (nSPS) is 19.7. The van der Waals surface area contributed by atoms with E-state index in [-0.39, 0.29) is 17.6 Å². The van der Waals surface area contributed by atoms with Crippen molar-refractivity contribution in [2.45, 2.75) is 26.5 Å². The third-order valence-electron chi connectivity index (χ3n) is 5.05. The van der Waals surface area contributed by atoms with E-state index in [9.17, 15) is 9.90 Å². The zero-order valence-corrected chi connectivity index (χ0v) is 15.6. The van der Waals surface area contributed by atoms with Crippen LogP contribution >= 0.6 is 0 Å². The van der Waals surface area contributed by atoms with Crippen LogP contribution in [0.5, 0.6) is 11.5 Å². The van der Waals surface area contributed by atoms with Gasteiger partial charge in [-0.2, -0.15) is 0 Å². The summed E-state index contributed by atoms with van der Waals surface area (Å²) in [5, 5.41) is 10.4. The molecular weight excluding hydrogens is 342 g/mol. The van der Waals surface area contributed by atoms with Gasteiger partial charge in [-0.1, -0.05) is 30.3 Å². The number of nitrogens with zero attached hydrogens (tertiary/aromatic N) is 1. The maximum absolute atomic E-state index is 12.5. The smallest absolute Gasteiger partial charge is 0.231 e. The highest BCUT2D eigenvalue weighted by atomic mass is 16.5. The summed E-state index contributed by atoms with van der Waals surface area (Å²) in [7, 11) is 0. The molecule has 0 amide bonds. The third kappa shape index (κ3) is 3.36. The quantitative estimate of drug-likeness (QED) is 0.838. The first-order chi connectivity index (χ1) is 13.0. The van der Waals surface area contributed by atoms with Gasteiger partial charge in [0.1, 0.15) is 11.5 Å². The Morgan fingerprint density at radius 1 is 1.19 bits per heavy atom. The molecule has 5 nitrogen and oxygen atoms in total. The van der Waals surface area contributed by atoms with Crippen LogP contribution in [0.15, 0.2) is 53.8 Å². The Labute approximate surface area is 158 Å². The Bertz CT molecular complexity index is 900. The van der Waals surface area contributed by atoms with Crippen LogP contribution in [-0.4, -0.2) is 35.5 Å². The van der Waals surface area contributed by atoms with E-state index in [4.69, 9.17) is 9.47 Å². The molecule has 2 heterocycles. The number of ether oxygens (including phenoxy) is 2. The lowest BCUT2D eigenvalue weighted by atomic mass is 10.0. The van der Waals surface area contributed by atoms with Crippen LogP contribution in [-0.2, 0) is 11.3 Å². The lowest BCUT2D eigenvalue weighted by Gasteiger charge is -2.33. The Morgan fingerprint density at radius 2 is 1.96 bits per heavy atom. The molecule has 0 aliphatic carbocycles. The minimum Gasteiger partial charge on any atom is -0.507 e. The van der Waals surface area contributed by atoms with E-state index in [1.54, 1.807) is 12.1 Å². The molecule has 4 rings (SSSR count). The number of carbonyl (C=O) groups excluding carboxylic acids is 1. The van der Waals surface area contributed by atoms with E-state index in [0.717, 1.165) is 24.2 Å². The monoisotopic (exact) mass is 365 g/mol. The van der Waals surface area contributed by atoms with Gasteiger partial charge in [-0.15, -0.1) is 0 Å². The summed E-state index contributed by atoms with van der Waals surface area (Å²) < 4.78 is 11.8. The number of Topliss-reactive ketones (excluding diaryl/α,β-unsaturated/α-hetero) is 1. The second-order valence-electron chi connectivity index (χ2n) is 7.21. The molecule has 1 fully saturated rings. The molecule has 2 aromatic rings. The highest BCUT2D eigenvalue weighted by molar-refractivity contribution is 6.13. The first-order valence-electron chi connectivity index (χ1n) is 9.18. The Hall–Kier alpha value is -2.63. The van der Waals surface area contributed by atoms with Crippen molar-refractivity contribution < 1.29 is 19.4 Å². The molecule has 2 aliphatic rings. The zero-order chi connectivity index (χ0) is 19.0. The van der Waals surface area contributed by atoms with Crippen molar-refractivity contribution in [1.29, 1.82) is 0 Å². The summed E-state index contributed by atoms with van der Waals surface area (Å²) in [6.07, 6.45) is -0.00486. The average molecular weight is 365 g/mol. The number of allylic oxidation sites excluding steroid dienone is 2. The molecule has 0 unspecified atom stereocenters. The van der Waals surface area contributed by atoms with E-state index in [1.165, 1.54) is 0 Å². The molecule has 0 spiro atoms. The van der Waals surface area contributed by atoms with Crippen LogP contribution in [0.2, 0.25) is 0 Å². The number of phenols is 1. The van der Waals surface area contributed by atoms with Gasteiger partial charge in [-0.3, -0.25) is 9.69 Å². The summed E-state index contributed by atoms with van der Waals surface area (Å²) in [5.41, 5.74) is 3.15. The molecule has 2 aromatic carbocycles. The zero-order valence-electron chi connectivity index (χ0n) is 15.6. The molecule has 1 saturated heterocycles. The van der Waals surface area contributed by atoms with Crippen LogP contribution < -0.4 is 4.74 Å². The van der Waals surface area contributed by atoms with Crippen LogP contribution in [0.4, 0.5) is 0 Å². The summed E-state index contributed by atoms with van der Waals surface area (Å²) in [6, 6.07) is 13.4. The minimum atomic E-state index is -0.115. The van der Waals surface area contributed by atoms with Crippen molar-refractivity contribution in [2.24, 2.45) is 0 Å². The Kier molecular flexibility index (Phi) is 4.72. The summed E-state index contributed by atoms with van der Waals surface area (Å²) in [4.78, 5) is 14.8. The molecule has 2 aliphatic heterocycles. The van der Waals surface area contributed by atoms with Gasteiger partial charge in [0.2, 0.25) is 5.78 Å². The SMILES string of the molecule is CC(C)=C1Oc2c(ccc(O)c2CN2CCO[C@@H](c3ccccc3)C2)C1=O. The molecule has 1 N–H and O–H groups in total. The average Bonchev–Trinajstić information content (AvgIpc) is 3.02. The van der Waals surface area contributed by atoms with Gasteiger partial charge in [0.15, 0.2) is 5.76 Å². The molecule has 0 aromatic heterocycles. The number of benzene rings is 2. The summed E-state index contributed by atoms with van der Waals surface area (Å²) in [6.45, 7) is 6.31. The van der Waals surface area contributed by atoms with Gasteiger partial charge in [-0.25, -0.2) is 0 Å². The standard InChI is InChI=1S/C22H23NO4/c1-14(2)21-20(25)16-8-9-18(24)17(22(16)27-21)12-23-10-11-26-19(13-23)15-6-4-3-5-7-15/h3-9,19,24H,10-13H2,1-2H3/t19-/m1/s1. The maximum Gasteiger partial charge on any atom is 0.231 e. The van der Waals surface area contributed by atoms with Gasteiger partial charge in [-0.05, 0) is 37.1 Å². The summed E-state index contributed by atoms with van der Waals surface area (Å²) >= 11 is 0. The fourth-order valence-electron chi connectivity index (χ4n) is 3.60. The number of phenolic OH excluding ortho intramolecular Hbond substituents is 1. The van der Waals surface area contributed by atoms with Crippen molar-refractivity contribution >= 4 is 5.78 Å². The van der Waals surface area contributed by atoms with Crippen molar-refractivity contribution in [3.05, 3.63) is 70.5 Å². The molecule has 27 heavy (non-hydrogen) atoms. The largest absolute Gasteiger partial charge is 0.507 e. The predicted octanol–water partition coefficient (Wildman–Crippen LogP) is 3.83. The van der Waals surface area contributed by atoms with Crippen molar-refractivity contribution in [2.75, 3.05) is 19.7 Å². The Morgan fingerprint density at radius 3 is 2.70 bits per heavy atom. The lowest BCUT2D eigenvalue weighted by molar-refractivity contribution is -0.0332. The van der Waals surface area contributed by atoms with Crippen LogP contribution in [0.1, 0.15) is 41.4 Å². The minimum absolute atomic E-state index is 0.00486. The molecule has 140 valence electrons. The van der Waals surface area contributed by atoms with Gasteiger partial charge >= 0.3 is 0 Å². The third-order valence-corrected chi connectivity index (χ3v) is 5.05. The lowest BCUT2D eigenvalue weighted by Crippen LogP contribution is -2.37. The number of hydrogen-bond acceptors (Lipinski definition) is 5. The second kappa shape index (κ2) is 7.18. The molecular formula is C22H23NO4. The van der Waals surface area contributed by atoms with Gasteiger partial charge in [0, 0.05) is 19.6 Å². The van der Waals surface area contributed by atoms with E-state index in [1.807, 2.05) is 32.0 Å². The van der Waals surface area contributed by atoms with Crippen LogP contribution in [0, 0.1) is 0 Å². The van der Waals surface area contributed by atoms with Gasteiger partial charge in [0.05, 0.1) is 23.8 Å². The molecule has 0 bridgehead atoms. The number of hydrogen-bond donors (Lipinski definition) is 1. The van der Waals surface area contributed by atoms with Gasteiger partial charge < -0.3 is 14.6 Å². The number of rotatable bonds is 3. The van der Waals surface area contributed by atoms with Crippen molar-refractivity contribution in [3.8, 4) is 11.5 Å². The highest BCUT2D eigenvalue weighted by Crippen LogP contribution is 2.40. The Balaban J connectivity index is 1.59. The fourth-order valence-corrected chi connectivity index (χ4v) is 3.60. The number of morpholine rings is 1. The van der Waals surface area contributed by atoms with E-state index < -0.39 is 0 Å². The molecule has 0 saturated carbocycles. The molecule has 5 heteroatoms. The molecule has 0 radical (unpaired) electrons. The number of carbonyl (C=O) groups is 1. The first kappa shape index (κ1) is 17.8. The number of aromatic hydroxyl groups is 1. The number of ketones is 1. The highest BCUT2D eigenvalue weighted by Gasteiger charge is 2.33. The topological polar surface area (TPSA) is 59.0 Å². The van der Waals surface area contributed by atoms with E-state index in [2.05, 4.69) is 17.0 Å². The number of fused-ring (bicyclic) bond motifs is 1. The van der Waals surface area contributed by atoms with Crippen LogP contribution in [0.3, 0.4) is 0 Å². The van der Waals surface area contributed by atoms with Gasteiger partial charge in [0.25, 0.3) is 0 Å². The van der Waals surface area contributed by atoms with E-state index >= 15 is 0 Å². The first-order valence-corrected chi connectivity index (χ1v) is 9.18. The fraction of sp³-hybridized carbons (Fsp3) is 0.318. The summed E-state index contributed by atoms with van der Waals surface area (Å²) in [5.74, 6) is 0.884. The van der Waals surface area contributed by atoms with Crippen molar-refractivity contribution in [1.82, 2.24) is 4.90 Å². The molecule has 1 atom stereocenters. The van der Waals surface area contributed by atoms with Crippen molar-refractivity contribution in [3.63, 3.8) is 0 Å². The predicted molar refractivity (Wildman–Crippen MR) is 102 cm³/mol. The second-order valence-corrected chi connectivity index (χ2v) is 7.21.